The van der Waals surface area contributed by atoms with Gasteiger partial charge in [-0.2, -0.15) is 0 Å². The number of hydrogen-bond donors (Lipinski definition) is 0. The van der Waals surface area contributed by atoms with Crippen LogP contribution < -0.4 is 0 Å². The van der Waals surface area contributed by atoms with Crippen LogP contribution in [0.2, 0.25) is 0 Å². The lowest BCUT2D eigenvalue weighted by Gasteiger charge is -2.41. The van der Waals surface area contributed by atoms with Gasteiger partial charge >= 0.3 is 6.09 Å². The Bertz CT molecular complexity index is 817. The topological polar surface area (TPSA) is 29.5 Å². The van der Waals surface area contributed by atoms with Crippen molar-refractivity contribution in [2.75, 3.05) is 6.54 Å². The van der Waals surface area contributed by atoms with Gasteiger partial charge < -0.3 is 9.64 Å². The molecule has 0 unspecified atom stereocenters. The van der Waals surface area contributed by atoms with Gasteiger partial charge in [0.25, 0.3) is 0 Å². The van der Waals surface area contributed by atoms with Gasteiger partial charge in [-0.25, -0.2) is 4.79 Å². The molecule has 0 spiro atoms. The lowest BCUT2D eigenvalue weighted by molar-refractivity contribution is 0.0495. The third kappa shape index (κ3) is 4.55. The van der Waals surface area contributed by atoms with E-state index in [1.807, 2.05) is 36.4 Å². The molecule has 152 valence electrons. The zero-order valence-corrected chi connectivity index (χ0v) is 17.1. The maximum absolute atomic E-state index is 13.1. The van der Waals surface area contributed by atoms with Crippen molar-refractivity contribution in [1.82, 2.24) is 4.90 Å². The molecule has 0 radical (unpaired) electrons. The van der Waals surface area contributed by atoms with E-state index in [2.05, 4.69) is 41.3 Å². The number of hydrogen-bond acceptors (Lipinski definition) is 2. The quantitative estimate of drug-likeness (QED) is 0.588. The van der Waals surface area contributed by atoms with Crippen LogP contribution in [0.3, 0.4) is 0 Å². The summed E-state index contributed by atoms with van der Waals surface area (Å²) in [4.78, 5) is 15.2. The van der Waals surface area contributed by atoms with E-state index in [-0.39, 0.29) is 11.6 Å². The first-order chi connectivity index (χ1) is 14.3. The highest BCUT2D eigenvalue weighted by molar-refractivity contribution is 5.69. The van der Waals surface area contributed by atoms with Crippen molar-refractivity contribution in [1.29, 1.82) is 0 Å². The first-order valence-corrected chi connectivity index (χ1v) is 11.0. The van der Waals surface area contributed by atoms with Crippen LogP contribution in [0, 0.1) is 5.92 Å². The molecule has 1 saturated heterocycles. The predicted molar refractivity (Wildman–Crippen MR) is 117 cm³/mol. The summed E-state index contributed by atoms with van der Waals surface area (Å²) in [5.74, 6) is 0.578. The molecule has 0 N–H and O–H groups in total. The minimum atomic E-state index is -0.147. The van der Waals surface area contributed by atoms with Gasteiger partial charge in [0.1, 0.15) is 6.61 Å². The first kappa shape index (κ1) is 19.8. The predicted octanol–water partition coefficient (Wildman–Crippen LogP) is 6.45. The molecule has 2 aromatic rings. The van der Waals surface area contributed by atoms with Crippen LogP contribution >= 0.6 is 0 Å². The summed E-state index contributed by atoms with van der Waals surface area (Å²) in [7, 11) is 0. The molecule has 1 heterocycles. The minimum Gasteiger partial charge on any atom is -0.445 e. The van der Waals surface area contributed by atoms with Crippen molar-refractivity contribution in [2.45, 2.75) is 57.1 Å². The van der Waals surface area contributed by atoms with Crippen LogP contribution in [0.4, 0.5) is 4.79 Å². The summed E-state index contributed by atoms with van der Waals surface area (Å²) in [5, 5.41) is 0. The second kappa shape index (κ2) is 9.30. The number of ether oxygens (including phenoxy) is 1. The number of rotatable bonds is 5. The largest absolute Gasteiger partial charge is 0.445 e. The minimum absolute atomic E-state index is 0.0877. The Morgan fingerprint density at radius 2 is 1.76 bits per heavy atom. The monoisotopic (exact) mass is 389 g/mol. The number of benzene rings is 2. The van der Waals surface area contributed by atoms with Crippen molar-refractivity contribution in [3.05, 3.63) is 77.9 Å². The Morgan fingerprint density at radius 3 is 2.55 bits per heavy atom. The fourth-order valence-electron chi connectivity index (χ4n) is 5.16. The van der Waals surface area contributed by atoms with Gasteiger partial charge in [-0.15, -0.1) is 0 Å². The highest BCUT2D eigenvalue weighted by Gasteiger charge is 2.50. The third-order valence-corrected chi connectivity index (χ3v) is 6.67. The summed E-state index contributed by atoms with van der Waals surface area (Å²) >= 11 is 0. The molecular formula is C26H31NO2. The van der Waals surface area contributed by atoms with Gasteiger partial charge in [-0.1, -0.05) is 92.1 Å². The standard InChI is InChI=1S/C26H31NO2/c28-25(29-21-23-13-6-2-7-14-23)27-20-17-24-16-8-3-9-18-26(24,27)19-10-15-22-11-4-1-5-12-22/h1-2,4-7,10-15,24H,3,8-9,16-21H2/b15-10+/t24-,26+/m0/s1. The first-order valence-electron chi connectivity index (χ1n) is 11.0. The Labute approximate surface area is 174 Å². The smallest absolute Gasteiger partial charge is 0.410 e. The molecule has 1 amide bonds. The molecule has 0 bridgehead atoms. The van der Waals surface area contributed by atoms with E-state index in [9.17, 15) is 4.79 Å². The Balaban J connectivity index is 1.50. The molecule has 1 aliphatic heterocycles. The Hall–Kier alpha value is -2.55. The molecule has 1 saturated carbocycles. The van der Waals surface area contributed by atoms with E-state index in [1.54, 1.807) is 0 Å². The molecule has 4 rings (SSSR count). The fourth-order valence-corrected chi connectivity index (χ4v) is 5.16. The molecule has 2 aliphatic rings. The molecule has 2 aromatic carbocycles. The molecule has 2 atom stereocenters. The van der Waals surface area contributed by atoms with Gasteiger partial charge in [-0.05, 0) is 42.7 Å². The zero-order chi connectivity index (χ0) is 19.9. The average Bonchev–Trinajstić information content (AvgIpc) is 2.99. The number of fused-ring (bicyclic) bond motifs is 1. The summed E-state index contributed by atoms with van der Waals surface area (Å²) in [5.41, 5.74) is 2.16. The highest BCUT2D eigenvalue weighted by Crippen LogP contribution is 2.47. The van der Waals surface area contributed by atoms with Crippen molar-refractivity contribution in [3.63, 3.8) is 0 Å². The molecule has 3 heteroatoms. The van der Waals surface area contributed by atoms with E-state index < -0.39 is 0 Å². The average molecular weight is 390 g/mol. The van der Waals surface area contributed by atoms with Gasteiger partial charge in [-0.3, -0.25) is 0 Å². The van der Waals surface area contributed by atoms with Crippen LogP contribution in [0.5, 0.6) is 0 Å². The van der Waals surface area contributed by atoms with Crippen molar-refractivity contribution in [3.8, 4) is 0 Å². The van der Waals surface area contributed by atoms with Gasteiger partial charge in [0, 0.05) is 6.54 Å². The second-order valence-electron chi connectivity index (χ2n) is 8.40. The Kier molecular flexibility index (Phi) is 6.33. The number of likely N-dealkylation sites (tertiary alicyclic amines) is 1. The van der Waals surface area contributed by atoms with E-state index in [0.29, 0.717) is 12.5 Å². The van der Waals surface area contributed by atoms with Gasteiger partial charge in [0.15, 0.2) is 0 Å². The maximum Gasteiger partial charge on any atom is 0.410 e. The summed E-state index contributed by atoms with van der Waals surface area (Å²) in [6.07, 6.45) is 12.4. The molecule has 1 aliphatic carbocycles. The summed E-state index contributed by atoms with van der Waals surface area (Å²) in [6, 6.07) is 20.4. The molecule has 29 heavy (non-hydrogen) atoms. The molecule has 3 nitrogen and oxygen atoms in total. The number of carbonyl (C=O) groups is 1. The van der Waals surface area contributed by atoms with E-state index in [1.165, 1.54) is 31.2 Å². The van der Waals surface area contributed by atoms with Crippen LogP contribution in [0.25, 0.3) is 6.08 Å². The van der Waals surface area contributed by atoms with Crippen molar-refractivity contribution in [2.24, 2.45) is 5.92 Å². The van der Waals surface area contributed by atoms with Crippen LogP contribution in [-0.2, 0) is 11.3 Å². The van der Waals surface area contributed by atoms with Gasteiger partial charge in [0.05, 0.1) is 5.54 Å². The lowest BCUT2D eigenvalue weighted by Crippen LogP contribution is -2.50. The number of amides is 1. The van der Waals surface area contributed by atoms with E-state index in [0.717, 1.165) is 31.4 Å². The van der Waals surface area contributed by atoms with E-state index >= 15 is 0 Å². The van der Waals surface area contributed by atoms with Crippen molar-refractivity contribution >= 4 is 12.2 Å². The normalized spacial score (nSPS) is 24.3. The molecule has 0 aromatic heterocycles. The maximum atomic E-state index is 13.1. The zero-order valence-electron chi connectivity index (χ0n) is 17.1. The highest BCUT2D eigenvalue weighted by atomic mass is 16.6. The van der Waals surface area contributed by atoms with Crippen LogP contribution in [0.15, 0.2) is 66.7 Å². The SMILES string of the molecule is O=C(OCc1ccccc1)N1CC[C@@H]2CCCCC[C@@]21C/C=C/c1ccccc1. The van der Waals surface area contributed by atoms with Crippen LogP contribution in [0.1, 0.15) is 56.1 Å². The third-order valence-electron chi connectivity index (χ3n) is 6.67. The second-order valence-corrected chi connectivity index (χ2v) is 8.40. The van der Waals surface area contributed by atoms with Gasteiger partial charge in [0.2, 0.25) is 0 Å². The Morgan fingerprint density at radius 1 is 1.00 bits per heavy atom. The molecule has 2 fully saturated rings. The lowest BCUT2D eigenvalue weighted by atomic mass is 9.78. The number of nitrogens with zero attached hydrogens (tertiary/aromatic N) is 1. The van der Waals surface area contributed by atoms with Crippen LogP contribution in [-0.4, -0.2) is 23.1 Å². The fraction of sp³-hybridized carbons (Fsp3) is 0.423. The summed E-state index contributed by atoms with van der Waals surface area (Å²) in [6.45, 7) is 1.16. The number of carbonyl (C=O) groups excluding carboxylic acids is 1. The summed E-state index contributed by atoms with van der Waals surface area (Å²) < 4.78 is 5.75. The van der Waals surface area contributed by atoms with Crippen molar-refractivity contribution < 1.29 is 9.53 Å². The molecular weight excluding hydrogens is 358 g/mol. The van der Waals surface area contributed by atoms with E-state index in [4.69, 9.17) is 4.74 Å².